The molecule has 24 heavy (non-hydrogen) atoms. The lowest BCUT2D eigenvalue weighted by atomic mass is 10.2. The Labute approximate surface area is 151 Å². The maximum Gasteiger partial charge on any atom is 0.244 e. The van der Waals surface area contributed by atoms with Crippen molar-refractivity contribution in [1.82, 2.24) is 5.32 Å². The predicted molar refractivity (Wildman–Crippen MR) is 97.0 cm³/mol. The monoisotopic (exact) mass is 365 g/mol. The van der Waals surface area contributed by atoms with Crippen LogP contribution in [0.25, 0.3) is 6.08 Å². The molecule has 2 aromatic rings. The topological polar surface area (TPSA) is 47.6 Å². The molecule has 2 aromatic carbocycles. The van der Waals surface area contributed by atoms with Crippen LogP contribution in [-0.4, -0.2) is 26.2 Å². The van der Waals surface area contributed by atoms with Gasteiger partial charge < -0.3 is 14.8 Å². The van der Waals surface area contributed by atoms with E-state index < -0.39 is 0 Å². The number of halogens is 2. The van der Waals surface area contributed by atoms with Crippen LogP contribution in [0.5, 0.6) is 11.5 Å². The van der Waals surface area contributed by atoms with Crippen LogP contribution < -0.4 is 14.8 Å². The second-order valence-corrected chi connectivity index (χ2v) is 5.66. The summed E-state index contributed by atoms with van der Waals surface area (Å²) in [5.41, 5.74) is 0.726. The first-order chi connectivity index (χ1) is 11.6. The SMILES string of the molecule is COc1cccc(OCCNC(=O)/C=C/c2ccc(Cl)cc2Cl)c1. The predicted octanol–water partition coefficient (Wildman–Crippen LogP) is 4.21. The van der Waals surface area contributed by atoms with E-state index in [0.29, 0.717) is 28.9 Å². The van der Waals surface area contributed by atoms with E-state index in [9.17, 15) is 4.79 Å². The highest BCUT2D eigenvalue weighted by Gasteiger charge is 2.00. The number of methoxy groups -OCH3 is 1. The molecule has 0 spiro atoms. The minimum Gasteiger partial charge on any atom is -0.497 e. The molecule has 0 saturated carbocycles. The first-order valence-electron chi connectivity index (χ1n) is 7.26. The van der Waals surface area contributed by atoms with E-state index in [1.165, 1.54) is 6.08 Å². The van der Waals surface area contributed by atoms with Crippen molar-refractivity contribution in [3.05, 3.63) is 64.1 Å². The Morgan fingerprint density at radius 1 is 1.17 bits per heavy atom. The lowest BCUT2D eigenvalue weighted by Crippen LogP contribution is -2.26. The van der Waals surface area contributed by atoms with E-state index in [1.807, 2.05) is 18.2 Å². The first kappa shape index (κ1) is 18.2. The number of ether oxygens (including phenoxy) is 2. The average molecular weight is 366 g/mol. The van der Waals surface area contributed by atoms with Gasteiger partial charge in [-0.3, -0.25) is 4.79 Å². The Morgan fingerprint density at radius 2 is 1.96 bits per heavy atom. The van der Waals surface area contributed by atoms with Crippen LogP contribution in [0.1, 0.15) is 5.56 Å². The minimum atomic E-state index is -0.227. The summed E-state index contributed by atoms with van der Waals surface area (Å²) < 4.78 is 10.7. The third-order valence-electron chi connectivity index (χ3n) is 3.09. The third kappa shape index (κ3) is 5.80. The van der Waals surface area contributed by atoms with E-state index in [1.54, 1.807) is 37.5 Å². The summed E-state index contributed by atoms with van der Waals surface area (Å²) in [6.07, 6.45) is 3.05. The average Bonchev–Trinajstić information content (AvgIpc) is 2.58. The summed E-state index contributed by atoms with van der Waals surface area (Å²) in [4.78, 5) is 11.8. The standard InChI is InChI=1S/C18H17Cl2NO3/c1-23-15-3-2-4-16(12-15)24-10-9-21-18(22)8-6-13-5-7-14(19)11-17(13)20/h2-8,11-12H,9-10H2,1H3,(H,21,22)/b8-6+. The van der Waals surface area contributed by atoms with Gasteiger partial charge in [-0.1, -0.05) is 35.3 Å². The number of carbonyl (C=O) groups is 1. The van der Waals surface area contributed by atoms with E-state index in [4.69, 9.17) is 32.7 Å². The summed E-state index contributed by atoms with van der Waals surface area (Å²) in [6.45, 7) is 0.739. The lowest BCUT2D eigenvalue weighted by molar-refractivity contribution is -0.116. The van der Waals surface area contributed by atoms with E-state index in [2.05, 4.69) is 5.32 Å². The van der Waals surface area contributed by atoms with Crippen LogP contribution in [0.2, 0.25) is 10.0 Å². The van der Waals surface area contributed by atoms with Gasteiger partial charge in [-0.05, 0) is 35.9 Å². The molecule has 0 heterocycles. The van der Waals surface area contributed by atoms with E-state index >= 15 is 0 Å². The van der Waals surface area contributed by atoms with Gasteiger partial charge in [0.25, 0.3) is 0 Å². The van der Waals surface area contributed by atoms with E-state index in [0.717, 1.165) is 11.3 Å². The molecule has 0 aliphatic rings. The molecule has 0 aromatic heterocycles. The molecule has 0 radical (unpaired) electrons. The Balaban J connectivity index is 1.75. The van der Waals surface area contributed by atoms with Crippen LogP contribution in [0.3, 0.4) is 0 Å². The van der Waals surface area contributed by atoms with Crippen molar-refractivity contribution in [2.45, 2.75) is 0 Å². The Hall–Kier alpha value is -2.17. The second-order valence-electron chi connectivity index (χ2n) is 4.82. The molecule has 0 atom stereocenters. The highest BCUT2D eigenvalue weighted by atomic mass is 35.5. The number of hydrogen-bond acceptors (Lipinski definition) is 3. The van der Waals surface area contributed by atoms with Crippen molar-refractivity contribution in [2.24, 2.45) is 0 Å². The van der Waals surface area contributed by atoms with Gasteiger partial charge >= 0.3 is 0 Å². The number of rotatable bonds is 7. The van der Waals surface area contributed by atoms with Crippen molar-refractivity contribution in [2.75, 3.05) is 20.3 Å². The van der Waals surface area contributed by atoms with E-state index in [-0.39, 0.29) is 5.91 Å². The second kappa shape index (κ2) is 9.21. The quantitative estimate of drug-likeness (QED) is 0.590. The highest BCUT2D eigenvalue weighted by Crippen LogP contribution is 2.22. The zero-order valence-electron chi connectivity index (χ0n) is 13.1. The summed E-state index contributed by atoms with van der Waals surface area (Å²) in [5.74, 6) is 1.18. The van der Waals surface area contributed by atoms with Crippen molar-refractivity contribution < 1.29 is 14.3 Å². The maximum absolute atomic E-state index is 11.8. The van der Waals surface area contributed by atoms with Crippen LogP contribution in [0, 0.1) is 0 Å². The molecule has 0 aliphatic carbocycles. The van der Waals surface area contributed by atoms with Gasteiger partial charge in [-0.25, -0.2) is 0 Å². The molecule has 0 saturated heterocycles. The van der Waals surface area contributed by atoms with Crippen molar-refractivity contribution in [3.8, 4) is 11.5 Å². The fourth-order valence-corrected chi connectivity index (χ4v) is 2.37. The van der Waals surface area contributed by atoms with Crippen LogP contribution in [0.15, 0.2) is 48.5 Å². The van der Waals surface area contributed by atoms with Gasteiger partial charge in [0, 0.05) is 22.2 Å². The fraction of sp³-hybridized carbons (Fsp3) is 0.167. The normalized spacial score (nSPS) is 10.6. The zero-order valence-corrected chi connectivity index (χ0v) is 14.6. The molecule has 2 rings (SSSR count). The molecule has 126 valence electrons. The smallest absolute Gasteiger partial charge is 0.244 e. The molecule has 4 nitrogen and oxygen atoms in total. The van der Waals surface area contributed by atoms with Crippen molar-refractivity contribution in [1.29, 1.82) is 0 Å². The summed E-state index contributed by atoms with van der Waals surface area (Å²) in [7, 11) is 1.60. The van der Waals surface area contributed by atoms with Gasteiger partial charge in [-0.2, -0.15) is 0 Å². The summed E-state index contributed by atoms with van der Waals surface area (Å²) in [5, 5.41) is 3.78. The molecule has 1 N–H and O–H groups in total. The minimum absolute atomic E-state index is 0.227. The lowest BCUT2D eigenvalue weighted by Gasteiger charge is -2.08. The number of benzene rings is 2. The van der Waals surface area contributed by atoms with Gasteiger partial charge in [0.05, 0.1) is 13.7 Å². The third-order valence-corrected chi connectivity index (χ3v) is 3.65. The number of hydrogen-bond donors (Lipinski definition) is 1. The molecule has 0 unspecified atom stereocenters. The molecule has 6 heteroatoms. The van der Waals surface area contributed by atoms with Gasteiger partial charge in [0.1, 0.15) is 18.1 Å². The Bertz CT molecular complexity index is 732. The maximum atomic E-state index is 11.8. The van der Waals surface area contributed by atoms with Crippen LogP contribution >= 0.6 is 23.2 Å². The van der Waals surface area contributed by atoms with Crippen LogP contribution in [0.4, 0.5) is 0 Å². The molecule has 1 amide bonds. The summed E-state index contributed by atoms with van der Waals surface area (Å²) in [6, 6.07) is 12.4. The van der Waals surface area contributed by atoms with Gasteiger partial charge in [0.2, 0.25) is 5.91 Å². The van der Waals surface area contributed by atoms with Crippen molar-refractivity contribution >= 4 is 35.2 Å². The molecular formula is C18H17Cl2NO3. The number of carbonyl (C=O) groups excluding carboxylic acids is 1. The van der Waals surface area contributed by atoms with Crippen LogP contribution in [-0.2, 0) is 4.79 Å². The molecule has 0 aliphatic heterocycles. The fourth-order valence-electron chi connectivity index (χ4n) is 1.90. The largest absolute Gasteiger partial charge is 0.497 e. The Kier molecular flexibility index (Phi) is 6.97. The number of amides is 1. The molecule has 0 bridgehead atoms. The zero-order chi connectivity index (χ0) is 17.4. The first-order valence-corrected chi connectivity index (χ1v) is 8.02. The molecule has 0 fully saturated rings. The highest BCUT2D eigenvalue weighted by molar-refractivity contribution is 6.35. The van der Waals surface area contributed by atoms with Gasteiger partial charge in [0.15, 0.2) is 0 Å². The summed E-state index contributed by atoms with van der Waals surface area (Å²) >= 11 is 11.9. The molecular weight excluding hydrogens is 349 g/mol. The number of nitrogens with one attached hydrogen (secondary N) is 1. The Morgan fingerprint density at radius 3 is 2.71 bits per heavy atom. The van der Waals surface area contributed by atoms with Crippen molar-refractivity contribution in [3.63, 3.8) is 0 Å². The van der Waals surface area contributed by atoms with Gasteiger partial charge in [-0.15, -0.1) is 0 Å².